The maximum absolute atomic E-state index is 5.18. The first-order valence-corrected chi connectivity index (χ1v) is 6.47. The van der Waals surface area contributed by atoms with Crippen molar-refractivity contribution < 1.29 is 4.74 Å². The second-order valence-corrected chi connectivity index (χ2v) is 4.92. The number of nitrogens with one attached hydrogen (secondary N) is 1. The lowest BCUT2D eigenvalue weighted by Gasteiger charge is -2.10. The molecule has 0 saturated heterocycles. The van der Waals surface area contributed by atoms with Crippen LogP contribution in [0.3, 0.4) is 0 Å². The lowest BCUT2D eigenvalue weighted by molar-refractivity contribution is 0.414. The van der Waals surface area contributed by atoms with Crippen molar-refractivity contribution in [3.63, 3.8) is 0 Å². The first kappa shape index (κ1) is 12.9. The predicted octanol–water partition coefficient (Wildman–Crippen LogP) is 3.77. The molecule has 1 N–H and O–H groups in total. The van der Waals surface area contributed by atoms with E-state index in [2.05, 4.69) is 33.2 Å². The van der Waals surface area contributed by atoms with Crippen LogP contribution in [0.15, 0.2) is 41.0 Å². The molecule has 0 spiro atoms. The quantitative estimate of drug-likeness (QED) is 0.933. The lowest BCUT2D eigenvalue weighted by atomic mass is 10.2. The molecule has 1 heterocycles. The standard InChI is InChI=1S/C14H15BrN2O/c1-10-7-13(18-2)5-6-14(10)17-9-12-4-3-11(15)8-16-12/h3-8,17H,9H2,1-2H3. The van der Waals surface area contributed by atoms with Crippen molar-refractivity contribution in [2.24, 2.45) is 0 Å². The van der Waals surface area contributed by atoms with E-state index in [1.54, 1.807) is 13.3 Å². The van der Waals surface area contributed by atoms with Gasteiger partial charge in [-0.1, -0.05) is 0 Å². The zero-order chi connectivity index (χ0) is 13.0. The minimum absolute atomic E-state index is 0.709. The minimum Gasteiger partial charge on any atom is -0.497 e. The molecule has 0 aliphatic rings. The summed E-state index contributed by atoms with van der Waals surface area (Å²) in [6, 6.07) is 9.97. The summed E-state index contributed by atoms with van der Waals surface area (Å²) >= 11 is 3.37. The predicted molar refractivity (Wildman–Crippen MR) is 77.0 cm³/mol. The van der Waals surface area contributed by atoms with Gasteiger partial charge in [-0.05, 0) is 58.7 Å². The third-order valence-electron chi connectivity index (χ3n) is 2.68. The van der Waals surface area contributed by atoms with E-state index < -0.39 is 0 Å². The van der Waals surface area contributed by atoms with E-state index in [-0.39, 0.29) is 0 Å². The fourth-order valence-corrected chi connectivity index (χ4v) is 1.89. The third-order valence-corrected chi connectivity index (χ3v) is 3.15. The number of hydrogen-bond acceptors (Lipinski definition) is 3. The van der Waals surface area contributed by atoms with Gasteiger partial charge in [0.2, 0.25) is 0 Å². The number of aromatic nitrogens is 1. The second kappa shape index (κ2) is 5.87. The second-order valence-electron chi connectivity index (χ2n) is 4.00. The smallest absolute Gasteiger partial charge is 0.119 e. The molecule has 0 bridgehead atoms. The third kappa shape index (κ3) is 3.23. The summed E-state index contributed by atoms with van der Waals surface area (Å²) in [6.45, 7) is 2.76. The first-order chi connectivity index (χ1) is 8.69. The van der Waals surface area contributed by atoms with Crippen LogP contribution in [0.5, 0.6) is 5.75 Å². The van der Waals surface area contributed by atoms with Crippen molar-refractivity contribution in [1.29, 1.82) is 0 Å². The van der Waals surface area contributed by atoms with Gasteiger partial charge < -0.3 is 10.1 Å². The summed E-state index contributed by atoms with van der Waals surface area (Å²) in [7, 11) is 1.67. The van der Waals surface area contributed by atoms with Crippen LogP contribution >= 0.6 is 15.9 Å². The summed E-state index contributed by atoms with van der Waals surface area (Å²) in [6.07, 6.45) is 1.80. The van der Waals surface area contributed by atoms with Gasteiger partial charge in [0, 0.05) is 16.4 Å². The Hall–Kier alpha value is -1.55. The van der Waals surface area contributed by atoms with E-state index in [0.29, 0.717) is 6.54 Å². The Labute approximate surface area is 115 Å². The number of benzene rings is 1. The molecular formula is C14H15BrN2O. The van der Waals surface area contributed by atoms with Crippen molar-refractivity contribution in [2.75, 3.05) is 12.4 Å². The van der Waals surface area contributed by atoms with Crippen LogP contribution in [-0.4, -0.2) is 12.1 Å². The topological polar surface area (TPSA) is 34.1 Å². The molecule has 2 aromatic rings. The SMILES string of the molecule is COc1ccc(NCc2ccc(Br)cn2)c(C)c1. The zero-order valence-electron chi connectivity index (χ0n) is 10.4. The lowest BCUT2D eigenvalue weighted by Crippen LogP contribution is -2.02. The van der Waals surface area contributed by atoms with E-state index in [1.807, 2.05) is 30.3 Å². The molecule has 1 aromatic carbocycles. The van der Waals surface area contributed by atoms with Crippen molar-refractivity contribution in [3.05, 3.63) is 52.3 Å². The Morgan fingerprint density at radius 2 is 2.11 bits per heavy atom. The highest BCUT2D eigenvalue weighted by molar-refractivity contribution is 9.10. The van der Waals surface area contributed by atoms with Crippen molar-refractivity contribution in [1.82, 2.24) is 4.98 Å². The Kier molecular flexibility index (Phi) is 4.20. The largest absolute Gasteiger partial charge is 0.497 e. The number of methoxy groups -OCH3 is 1. The Bertz CT molecular complexity index is 526. The van der Waals surface area contributed by atoms with Gasteiger partial charge >= 0.3 is 0 Å². The summed E-state index contributed by atoms with van der Waals surface area (Å²) in [5, 5.41) is 3.37. The van der Waals surface area contributed by atoms with E-state index >= 15 is 0 Å². The van der Waals surface area contributed by atoms with Crippen molar-refractivity contribution in [3.8, 4) is 5.75 Å². The highest BCUT2D eigenvalue weighted by atomic mass is 79.9. The Morgan fingerprint density at radius 1 is 1.28 bits per heavy atom. The summed E-state index contributed by atoms with van der Waals surface area (Å²) in [5.74, 6) is 0.875. The molecule has 18 heavy (non-hydrogen) atoms. The zero-order valence-corrected chi connectivity index (χ0v) is 12.0. The van der Waals surface area contributed by atoms with Crippen LogP contribution < -0.4 is 10.1 Å². The number of aryl methyl sites for hydroxylation is 1. The minimum atomic E-state index is 0.709. The van der Waals surface area contributed by atoms with Gasteiger partial charge in [-0.3, -0.25) is 4.98 Å². The normalized spacial score (nSPS) is 10.2. The van der Waals surface area contributed by atoms with Gasteiger partial charge in [0.15, 0.2) is 0 Å². The van der Waals surface area contributed by atoms with Gasteiger partial charge in [-0.25, -0.2) is 0 Å². The van der Waals surface area contributed by atoms with Crippen LogP contribution in [0.2, 0.25) is 0 Å². The molecule has 0 unspecified atom stereocenters. The van der Waals surface area contributed by atoms with Crippen LogP contribution in [0.25, 0.3) is 0 Å². The molecule has 0 aliphatic heterocycles. The van der Waals surface area contributed by atoms with Crippen LogP contribution in [-0.2, 0) is 6.54 Å². The molecule has 0 amide bonds. The summed E-state index contributed by atoms with van der Waals surface area (Å²) in [4.78, 5) is 4.32. The molecular weight excluding hydrogens is 292 g/mol. The number of hydrogen-bond donors (Lipinski definition) is 1. The Balaban J connectivity index is 2.04. The number of pyridine rings is 1. The van der Waals surface area contributed by atoms with Crippen LogP contribution in [0.1, 0.15) is 11.3 Å². The van der Waals surface area contributed by atoms with Gasteiger partial charge in [0.25, 0.3) is 0 Å². The number of rotatable bonds is 4. The average molecular weight is 307 g/mol. The van der Waals surface area contributed by atoms with E-state index in [1.165, 1.54) is 0 Å². The fraction of sp³-hybridized carbons (Fsp3) is 0.214. The Morgan fingerprint density at radius 3 is 2.72 bits per heavy atom. The van der Waals surface area contributed by atoms with Gasteiger partial charge in [-0.15, -0.1) is 0 Å². The van der Waals surface area contributed by atoms with E-state index in [9.17, 15) is 0 Å². The molecule has 0 aliphatic carbocycles. The summed E-state index contributed by atoms with van der Waals surface area (Å²) < 4.78 is 6.17. The molecule has 2 rings (SSSR count). The first-order valence-electron chi connectivity index (χ1n) is 5.68. The molecule has 0 saturated carbocycles. The average Bonchev–Trinajstić information content (AvgIpc) is 2.39. The molecule has 1 aromatic heterocycles. The van der Waals surface area contributed by atoms with Crippen LogP contribution in [0.4, 0.5) is 5.69 Å². The van der Waals surface area contributed by atoms with Crippen molar-refractivity contribution in [2.45, 2.75) is 13.5 Å². The highest BCUT2D eigenvalue weighted by Gasteiger charge is 2.01. The van der Waals surface area contributed by atoms with Crippen LogP contribution in [0, 0.1) is 6.92 Å². The maximum atomic E-state index is 5.18. The molecule has 0 radical (unpaired) electrons. The van der Waals surface area contributed by atoms with Gasteiger partial charge in [-0.2, -0.15) is 0 Å². The summed E-state index contributed by atoms with van der Waals surface area (Å²) in [5.41, 5.74) is 3.26. The van der Waals surface area contributed by atoms with Gasteiger partial charge in [0.1, 0.15) is 5.75 Å². The number of ether oxygens (including phenoxy) is 1. The van der Waals surface area contributed by atoms with E-state index in [4.69, 9.17) is 4.74 Å². The molecule has 0 atom stereocenters. The number of anilines is 1. The highest BCUT2D eigenvalue weighted by Crippen LogP contribution is 2.21. The molecule has 3 nitrogen and oxygen atoms in total. The molecule has 4 heteroatoms. The fourth-order valence-electron chi connectivity index (χ4n) is 1.66. The monoisotopic (exact) mass is 306 g/mol. The van der Waals surface area contributed by atoms with Gasteiger partial charge in [0.05, 0.1) is 19.3 Å². The number of nitrogens with zero attached hydrogens (tertiary/aromatic N) is 1. The van der Waals surface area contributed by atoms with E-state index in [0.717, 1.165) is 27.2 Å². The molecule has 94 valence electrons. The molecule has 0 fully saturated rings. The number of halogens is 1. The van der Waals surface area contributed by atoms with Crippen molar-refractivity contribution >= 4 is 21.6 Å². The maximum Gasteiger partial charge on any atom is 0.119 e.